The minimum absolute atomic E-state index is 0.738. The Morgan fingerprint density at radius 3 is 3.09 bits per heavy atom. The van der Waals surface area contributed by atoms with Crippen molar-refractivity contribution >= 4 is 11.8 Å². The van der Waals surface area contributed by atoms with Gasteiger partial charge in [-0.15, -0.1) is 0 Å². The summed E-state index contributed by atoms with van der Waals surface area (Å²) in [5, 5.41) is 3.66. The smallest absolute Gasteiger partial charge is 0.0160 e. The van der Waals surface area contributed by atoms with Gasteiger partial charge in [0.15, 0.2) is 0 Å². The van der Waals surface area contributed by atoms with Crippen LogP contribution in [0.25, 0.3) is 0 Å². The first-order valence-corrected chi connectivity index (χ1v) is 5.82. The minimum atomic E-state index is 0.738. The number of nitrogens with one attached hydrogen (secondary N) is 1. The molecule has 2 unspecified atom stereocenters. The van der Waals surface area contributed by atoms with Crippen molar-refractivity contribution in [1.82, 2.24) is 5.32 Å². The SMILES string of the molecule is CCCC1CSCCC(C)N1. The highest BCUT2D eigenvalue weighted by atomic mass is 32.2. The minimum Gasteiger partial charge on any atom is -0.311 e. The van der Waals surface area contributed by atoms with Crippen LogP contribution in [0, 0.1) is 0 Å². The van der Waals surface area contributed by atoms with Crippen LogP contribution in [0.5, 0.6) is 0 Å². The second kappa shape index (κ2) is 5.04. The third-order valence-electron chi connectivity index (χ3n) is 2.17. The molecule has 0 bridgehead atoms. The van der Waals surface area contributed by atoms with Crippen LogP contribution in [0.4, 0.5) is 0 Å². The van der Waals surface area contributed by atoms with Gasteiger partial charge in [-0.05, 0) is 25.5 Å². The molecular formula is C9H19NS. The standard InChI is InChI=1S/C9H19NS/c1-3-4-9-7-11-6-5-8(2)10-9/h8-10H,3-7H2,1-2H3. The van der Waals surface area contributed by atoms with Gasteiger partial charge in [0, 0.05) is 17.8 Å². The topological polar surface area (TPSA) is 12.0 Å². The van der Waals surface area contributed by atoms with Crippen LogP contribution in [0.3, 0.4) is 0 Å². The third-order valence-corrected chi connectivity index (χ3v) is 3.33. The maximum Gasteiger partial charge on any atom is 0.0160 e. The monoisotopic (exact) mass is 173 g/mol. The summed E-state index contributed by atoms with van der Waals surface area (Å²) in [7, 11) is 0. The summed E-state index contributed by atoms with van der Waals surface area (Å²) in [4.78, 5) is 0. The van der Waals surface area contributed by atoms with Gasteiger partial charge in [-0.3, -0.25) is 0 Å². The molecule has 1 N–H and O–H groups in total. The number of hydrogen-bond acceptors (Lipinski definition) is 2. The number of hydrogen-bond donors (Lipinski definition) is 1. The lowest BCUT2D eigenvalue weighted by atomic mass is 10.1. The van der Waals surface area contributed by atoms with Gasteiger partial charge in [0.1, 0.15) is 0 Å². The molecule has 66 valence electrons. The molecule has 1 nitrogen and oxygen atoms in total. The highest BCUT2D eigenvalue weighted by Crippen LogP contribution is 2.15. The first-order chi connectivity index (χ1) is 5.33. The molecule has 0 aliphatic carbocycles. The second-order valence-electron chi connectivity index (χ2n) is 3.42. The van der Waals surface area contributed by atoms with Gasteiger partial charge in [0.05, 0.1) is 0 Å². The zero-order chi connectivity index (χ0) is 8.10. The van der Waals surface area contributed by atoms with Gasteiger partial charge < -0.3 is 5.32 Å². The van der Waals surface area contributed by atoms with E-state index in [-0.39, 0.29) is 0 Å². The van der Waals surface area contributed by atoms with Gasteiger partial charge in [0.2, 0.25) is 0 Å². The zero-order valence-corrected chi connectivity index (χ0v) is 8.41. The van der Waals surface area contributed by atoms with Gasteiger partial charge in [-0.1, -0.05) is 13.3 Å². The summed E-state index contributed by atoms with van der Waals surface area (Å²) in [6.07, 6.45) is 3.99. The van der Waals surface area contributed by atoms with Crippen molar-refractivity contribution in [3.05, 3.63) is 0 Å². The molecular weight excluding hydrogens is 154 g/mol. The molecule has 11 heavy (non-hydrogen) atoms. The van der Waals surface area contributed by atoms with Crippen LogP contribution >= 0.6 is 11.8 Å². The van der Waals surface area contributed by atoms with Crippen molar-refractivity contribution in [2.45, 2.75) is 45.2 Å². The molecule has 0 aromatic carbocycles. The number of rotatable bonds is 2. The van der Waals surface area contributed by atoms with Gasteiger partial charge in [0.25, 0.3) is 0 Å². The molecule has 2 heteroatoms. The van der Waals surface area contributed by atoms with Crippen molar-refractivity contribution in [2.24, 2.45) is 0 Å². The van der Waals surface area contributed by atoms with E-state index >= 15 is 0 Å². The highest BCUT2D eigenvalue weighted by molar-refractivity contribution is 7.99. The Morgan fingerprint density at radius 1 is 1.55 bits per heavy atom. The summed E-state index contributed by atoms with van der Waals surface area (Å²) >= 11 is 2.11. The van der Waals surface area contributed by atoms with E-state index in [2.05, 4.69) is 30.9 Å². The van der Waals surface area contributed by atoms with Crippen LogP contribution in [-0.4, -0.2) is 23.6 Å². The predicted molar refractivity (Wildman–Crippen MR) is 53.2 cm³/mol. The fourth-order valence-electron chi connectivity index (χ4n) is 1.53. The Kier molecular flexibility index (Phi) is 4.31. The summed E-state index contributed by atoms with van der Waals surface area (Å²) in [5.74, 6) is 2.66. The summed E-state index contributed by atoms with van der Waals surface area (Å²) in [5.41, 5.74) is 0. The highest BCUT2D eigenvalue weighted by Gasteiger charge is 2.14. The van der Waals surface area contributed by atoms with Crippen molar-refractivity contribution in [1.29, 1.82) is 0 Å². The second-order valence-corrected chi connectivity index (χ2v) is 4.57. The molecule has 1 aliphatic heterocycles. The lowest BCUT2D eigenvalue weighted by Gasteiger charge is -2.17. The summed E-state index contributed by atoms with van der Waals surface area (Å²) < 4.78 is 0. The zero-order valence-electron chi connectivity index (χ0n) is 7.60. The molecule has 1 fully saturated rings. The first-order valence-electron chi connectivity index (χ1n) is 4.66. The Labute approximate surface area is 74.3 Å². The normalized spacial score (nSPS) is 33.3. The first kappa shape index (κ1) is 9.40. The lowest BCUT2D eigenvalue weighted by Crippen LogP contribution is -2.36. The van der Waals surface area contributed by atoms with Crippen molar-refractivity contribution in [3.8, 4) is 0 Å². The molecule has 0 radical (unpaired) electrons. The van der Waals surface area contributed by atoms with E-state index in [4.69, 9.17) is 0 Å². The number of thioether (sulfide) groups is 1. The molecule has 0 amide bonds. The third kappa shape index (κ3) is 3.48. The van der Waals surface area contributed by atoms with Crippen LogP contribution in [0.1, 0.15) is 33.1 Å². The molecule has 1 heterocycles. The Hall–Kier alpha value is 0.310. The Balaban J connectivity index is 2.27. The van der Waals surface area contributed by atoms with Crippen LogP contribution in [0.15, 0.2) is 0 Å². The fourth-order valence-corrected chi connectivity index (χ4v) is 2.77. The van der Waals surface area contributed by atoms with E-state index in [0.717, 1.165) is 12.1 Å². The van der Waals surface area contributed by atoms with Crippen LogP contribution in [0.2, 0.25) is 0 Å². The maximum atomic E-state index is 3.66. The van der Waals surface area contributed by atoms with Crippen molar-refractivity contribution in [2.75, 3.05) is 11.5 Å². The maximum absolute atomic E-state index is 3.66. The predicted octanol–water partition coefficient (Wildman–Crippen LogP) is 2.27. The van der Waals surface area contributed by atoms with Crippen molar-refractivity contribution in [3.63, 3.8) is 0 Å². The lowest BCUT2D eigenvalue weighted by molar-refractivity contribution is 0.449. The molecule has 1 rings (SSSR count). The van der Waals surface area contributed by atoms with E-state index in [9.17, 15) is 0 Å². The fraction of sp³-hybridized carbons (Fsp3) is 1.00. The van der Waals surface area contributed by atoms with E-state index in [1.807, 2.05) is 0 Å². The average Bonchev–Trinajstić information content (AvgIpc) is 2.15. The molecule has 0 aromatic rings. The molecule has 1 aliphatic rings. The quantitative estimate of drug-likeness (QED) is 0.687. The Bertz CT molecular complexity index is 106. The molecule has 1 saturated heterocycles. The largest absolute Gasteiger partial charge is 0.311 e. The average molecular weight is 173 g/mol. The van der Waals surface area contributed by atoms with E-state index in [1.54, 1.807) is 0 Å². The van der Waals surface area contributed by atoms with Gasteiger partial charge >= 0.3 is 0 Å². The van der Waals surface area contributed by atoms with E-state index < -0.39 is 0 Å². The molecule has 0 spiro atoms. The van der Waals surface area contributed by atoms with Gasteiger partial charge in [-0.25, -0.2) is 0 Å². The summed E-state index contributed by atoms with van der Waals surface area (Å²) in [6.45, 7) is 4.57. The van der Waals surface area contributed by atoms with Crippen molar-refractivity contribution < 1.29 is 0 Å². The van der Waals surface area contributed by atoms with E-state index in [1.165, 1.54) is 30.8 Å². The van der Waals surface area contributed by atoms with Crippen LogP contribution < -0.4 is 5.32 Å². The molecule has 0 aromatic heterocycles. The molecule has 2 atom stereocenters. The Morgan fingerprint density at radius 2 is 2.36 bits per heavy atom. The molecule has 0 saturated carbocycles. The van der Waals surface area contributed by atoms with E-state index in [0.29, 0.717) is 0 Å². The summed E-state index contributed by atoms with van der Waals surface area (Å²) in [6, 6.07) is 1.52. The van der Waals surface area contributed by atoms with Gasteiger partial charge in [-0.2, -0.15) is 11.8 Å². The van der Waals surface area contributed by atoms with Crippen LogP contribution in [-0.2, 0) is 0 Å².